The van der Waals surface area contributed by atoms with E-state index >= 15 is 0 Å². The molecule has 106 valence electrons. The second-order valence-corrected chi connectivity index (χ2v) is 6.74. The van der Waals surface area contributed by atoms with E-state index in [0.29, 0.717) is 10.2 Å². The van der Waals surface area contributed by atoms with E-state index in [2.05, 4.69) is 20.7 Å². The summed E-state index contributed by atoms with van der Waals surface area (Å²) in [5.74, 6) is -0.141. The molecular weight excluding hydrogens is 334 g/mol. The van der Waals surface area contributed by atoms with Crippen LogP contribution >= 0.6 is 15.9 Å². The largest absolute Gasteiger partial charge is 0.398 e. The van der Waals surface area contributed by atoms with Gasteiger partial charge >= 0.3 is 0 Å². The summed E-state index contributed by atoms with van der Waals surface area (Å²) in [6.45, 7) is 0.0509. The van der Waals surface area contributed by atoms with Crippen molar-refractivity contribution in [2.75, 3.05) is 26.4 Å². The molecule has 0 aliphatic heterocycles. The van der Waals surface area contributed by atoms with Crippen LogP contribution in [0.3, 0.4) is 0 Å². The van der Waals surface area contributed by atoms with Gasteiger partial charge in [0.25, 0.3) is 0 Å². The van der Waals surface area contributed by atoms with E-state index < -0.39 is 10.0 Å². The second-order valence-electron chi connectivity index (χ2n) is 4.12. The first kappa shape index (κ1) is 15.9. The van der Waals surface area contributed by atoms with E-state index in [4.69, 9.17) is 5.73 Å². The van der Waals surface area contributed by atoms with Crippen LogP contribution in [0.25, 0.3) is 0 Å². The van der Waals surface area contributed by atoms with E-state index in [1.807, 2.05) is 0 Å². The summed E-state index contributed by atoms with van der Waals surface area (Å²) < 4.78 is 26.9. The molecule has 1 amide bonds. The van der Waals surface area contributed by atoms with Gasteiger partial charge in [0.05, 0.1) is 4.90 Å². The number of sulfonamides is 1. The lowest BCUT2D eigenvalue weighted by Gasteiger charge is -2.11. The summed E-state index contributed by atoms with van der Waals surface area (Å²) in [6, 6.07) is 4.37. The van der Waals surface area contributed by atoms with Crippen LogP contribution < -0.4 is 10.5 Å². The van der Waals surface area contributed by atoms with Crippen molar-refractivity contribution in [3.63, 3.8) is 0 Å². The normalized spacial score (nSPS) is 11.3. The fourth-order valence-electron chi connectivity index (χ4n) is 1.29. The fourth-order valence-corrected chi connectivity index (χ4v) is 2.60. The smallest absolute Gasteiger partial charge is 0.240 e. The van der Waals surface area contributed by atoms with Gasteiger partial charge in [0, 0.05) is 37.2 Å². The molecule has 0 heterocycles. The Kier molecular flexibility index (Phi) is 5.33. The molecule has 0 atom stereocenters. The molecule has 0 spiro atoms. The third-order valence-corrected chi connectivity index (χ3v) is 4.59. The third kappa shape index (κ3) is 4.48. The zero-order chi connectivity index (χ0) is 14.6. The third-order valence-electron chi connectivity index (χ3n) is 2.41. The Bertz CT molecular complexity index is 573. The minimum Gasteiger partial charge on any atom is -0.398 e. The van der Waals surface area contributed by atoms with Gasteiger partial charge < -0.3 is 10.6 Å². The van der Waals surface area contributed by atoms with Gasteiger partial charge in [-0.2, -0.15) is 0 Å². The van der Waals surface area contributed by atoms with Gasteiger partial charge in [-0.15, -0.1) is 0 Å². The number of amides is 1. The number of nitrogen functional groups attached to an aromatic ring is 1. The average molecular weight is 350 g/mol. The van der Waals surface area contributed by atoms with Crippen molar-refractivity contribution in [3.05, 3.63) is 22.7 Å². The van der Waals surface area contributed by atoms with Crippen LogP contribution in [0.15, 0.2) is 27.6 Å². The van der Waals surface area contributed by atoms with Crippen molar-refractivity contribution < 1.29 is 13.2 Å². The van der Waals surface area contributed by atoms with E-state index in [1.54, 1.807) is 20.2 Å². The first-order chi connectivity index (χ1) is 8.74. The quantitative estimate of drug-likeness (QED) is 0.768. The maximum absolute atomic E-state index is 11.9. The molecule has 0 unspecified atom stereocenters. The number of nitrogens with one attached hydrogen (secondary N) is 1. The molecule has 0 saturated carbocycles. The number of hydrogen-bond donors (Lipinski definition) is 2. The predicted octanol–water partition coefficient (Wildman–Crippen LogP) is 0.788. The average Bonchev–Trinajstić information content (AvgIpc) is 2.32. The number of rotatable bonds is 5. The molecule has 6 nitrogen and oxygen atoms in total. The van der Waals surface area contributed by atoms with Crippen molar-refractivity contribution in [2.24, 2.45) is 0 Å². The summed E-state index contributed by atoms with van der Waals surface area (Å²) >= 11 is 3.19. The van der Waals surface area contributed by atoms with Gasteiger partial charge in [0.2, 0.25) is 15.9 Å². The lowest BCUT2D eigenvalue weighted by molar-refractivity contribution is -0.128. The highest BCUT2D eigenvalue weighted by Gasteiger charge is 2.15. The first-order valence-corrected chi connectivity index (χ1v) is 7.76. The summed E-state index contributed by atoms with van der Waals surface area (Å²) in [5.41, 5.74) is 5.97. The molecule has 19 heavy (non-hydrogen) atoms. The molecule has 0 aliphatic carbocycles. The molecule has 0 bridgehead atoms. The highest BCUT2D eigenvalue weighted by atomic mass is 79.9. The summed E-state index contributed by atoms with van der Waals surface area (Å²) in [7, 11) is -0.408. The topological polar surface area (TPSA) is 92.5 Å². The minimum absolute atomic E-state index is 0.0509. The first-order valence-electron chi connectivity index (χ1n) is 5.49. The van der Waals surface area contributed by atoms with Crippen LogP contribution in [-0.4, -0.2) is 39.9 Å². The Balaban J connectivity index is 2.71. The standard InChI is InChI=1S/C11H16BrN3O3S/c1-15(2)11(16)5-6-14-19(17,18)8-3-4-9(12)10(13)7-8/h3-4,7,14H,5-6,13H2,1-2H3. The van der Waals surface area contributed by atoms with Gasteiger partial charge in [-0.1, -0.05) is 0 Å². The zero-order valence-electron chi connectivity index (χ0n) is 10.7. The molecule has 0 fully saturated rings. The number of carbonyl (C=O) groups is 1. The van der Waals surface area contributed by atoms with Gasteiger partial charge in [-0.25, -0.2) is 13.1 Å². The number of anilines is 1. The summed E-state index contributed by atoms with van der Waals surface area (Å²) in [4.78, 5) is 12.8. The molecular formula is C11H16BrN3O3S. The molecule has 8 heteroatoms. The van der Waals surface area contributed by atoms with Gasteiger partial charge in [-0.05, 0) is 34.1 Å². The summed E-state index contributed by atoms with van der Waals surface area (Å²) in [6.07, 6.45) is 0.109. The number of hydrogen-bond acceptors (Lipinski definition) is 4. The molecule has 1 rings (SSSR count). The second kappa shape index (κ2) is 6.36. The van der Waals surface area contributed by atoms with E-state index in [-0.39, 0.29) is 23.8 Å². The number of halogens is 1. The Morgan fingerprint density at radius 1 is 1.42 bits per heavy atom. The van der Waals surface area contributed by atoms with Gasteiger partial charge in [-0.3, -0.25) is 4.79 Å². The van der Waals surface area contributed by atoms with Gasteiger partial charge in [0.15, 0.2) is 0 Å². The van der Waals surface area contributed by atoms with E-state index in [1.165, 1.54) is 17.0 Å². The SMILES string of the molecule is CN(C)C(=O)CCNS(=O)(=O)c1ccc(Br)c(N)c1. The van der Waals surface area contributed by atoms with Crippen molar-refractivity contribution in [1.29, 1.82) is 0 Å². The maximum atomic E-state index is 11.9. The molecule has 0 saturated heterocycles. The monoisotopic (exact) mass is 349 g/mol. The highest BCUT2D eigenvalue weighted by Crippen LogP contribution is 2.22. The fraction of sp³-hybridized carbons (Fsp3) is 0.364. The minimum atomic E-state index is -3.64. The van der Waals surface area contributed by atoms with Crippen molar-refractivity contribution >= 4 is 37.5 Å². The predicted molar refractivity (Wildman–Crippen MR) is 77.1 cm³/mol. The van der Waals surface area contributed by atoms with Crippen LogP contribution in [0.5, 0.6) is 0 Å². The molecule has 1 aromatic carbocycles. The van der Waals surface area contributed by atoms with Crippen LogP contribution in [0.4, 0.5) is 5.69 Å². The van der Waals surface area contributed by atoms with Crippen LogP contribution in [0.2, 0.25) is 0 Å². The van der Waals surface area contributed by atoms with Crippen molar-refractivity contribution in [2.45, 2.75) is 11.3 Å². The molecule has 0 radical (unpaired) electrons. The molecule has 0 aliphatic rings. The number of nitrogens with zero attached hydrogens (tertiary/aromatic N) is 1. The Hall–Kier alpha value is -1.12. The Morgan fingerprint density at radius 3 is 2.58 bits per heavy atom. The summed E-state index contributed by atoms with van der Waals surface area (Å²) in [5, 5.41) is 0. The maximum Gasteiger partial charge on any atom is 0.240 e. The van der Waals surface area contributed by atoms with Crippen LogP contribution in [0, 0.1) is 0 Å². The van der Waals surface area contributed by atoms with Crippen LogP contribution in [0.1, 0.15) is 6.42 Å². The Labute approximate surface area is 121 Å². The highest BCUT2D eigenvalue weighted by molar-refractivity contribution is 9.10. The van der Waals surface area contributed by atoms with Gasteiger partial charge in [0.1, 0.15) is 0 Å². The number of carbonyl (C=O) groups excluding carboxylic acids is 1. The lowest BCUT2D eigenvalue weighted by atomic mass is 10.3. The zero-order valence-corrected chi connectivity index (χ0v) is 13.1. The van der Waals surface area contributed by atoms with Crippen molar-refractivity contribution in [1.82, 2.24) is 9.62 Å². The number of benzene rings is 1. The molecule has 1 aromatic rings. The van der Waals surface area contributed by atoms with Crippen molar-refractivity contribution in [3.8, 4) is 0 Å². The molecule has 3 N–H and O–H groups in total. The van der Waals surface area contributed by atoms with E-state index in [0.717, 1.165) is 0 Å². The Morgan fingerprint density at radius 2 is 2.05 bits per heavy atom. The number of nitrogens with two attached hydrogens (primary N) is 1. The van der Waals surface area contributed by atoms with E-state index in [9.17, 15) is 13.2 Å². The molecule has 0 aromatic heterocycles. The lowest BCUT2D eigenvalue weighted by Crippen LogP contribution is -2.30. The van der Waals surface area contributed by atoms with Crippen LogP contribution in [-0.2, 0) is 14.8 Å².